The molecule has 5 nitrogen and oxygen atoms in total. The smallest absolute Gasteiger partial charge is 0.237 e. The topological polar surface area (TPSA) is 69.9 Å². The van der Waals surface area contributed by atoms with Crippen molar-refractivity contribution in [1.82, 2.24) is 9.97 Å². The zero-order valence-electron chi connectivity index (χ0n) is 15.3. The number of aryl methyl sites for hydroxylation is 2. The maximum atomic E-state index is 12.9. The predicted octanol–water partition coefficient (Wildman–Crippen LogP) is 4.29. The number of carbonyl (C=O) groups excluding carboxylic acids is 1. The summed E-state index contributed by atoms with van der Waals surface area (Å²) in [7, 11) is 0. The fourth-order valence-corrected chi connectivity index (χ4v) is 3.84. The number of aromatic nitrogens is 2. The van der Waals surface area contributed by atoms with Crippen LogP contribution in [0.2, 0.25) is 0 Å². The third-order valence-corrected chi connectivity index (χ3v) is 5.10. The van der Waals surface area contributed by atoms with Crippen LogP contribution in [-0.2, 0) is 4.79 Å². The van der Waals surface area contributed by atoms with Crippen molar-refractivity contribution in [2.24, 2.45) is 0 Å². The van der Waals surface area contributed by atoms with Crippen molar-refractivity contribution in [3.05, 3.63) is 59.9 Å². The fraction of sp³-hybridized carbons (Fsp3) is 0.238. The lowest BCUT2D eigenvalue weighted by Gasteiger charge is -2.22. The summed E-state index contributed by atoms with van der Waals surface area (Å²) in [6.45, 7) is 4.39. The van der Waals surface area contributed by atoms with Crippen molar-refractivity contribution in [2.75, 3.05) is 17.2 Å². The number of nitriles is 1. The number of carbonyl (C=O) groups is 1. The van der Waals surface area contributed by atoms with Gasteiger partial charge < -0.3 is 4.90 Å². The van der Waals surface area contributed by atoms with E-state index in [2.05, 4.69) is 22.1 Å². The standard InChI is InChI=1S/C21H20N4OS/c1-15-10-16(2)12-17(11-15)25(9-5-8-22)20(26)13-27-21-18-6-3-4-7-19(18)23-14-24-21/h3-4,6-7,10-12,14H,5,9,13H2,1-2H3. The molecule has 0 saturated carbocycles. The quantitative estimate of drug-likeness (QED) is 0.474. The van der Waals surface area contributed by atoms with Gasteiger partial charge in [0.1, 0.15) is 11.4 Å². The van der Waals surface area contributed by atoms with Crippen LogP contribution < -0.4 is 4.90 Å². The summed E-state index contributed by atoms with van der Waals surface area (Å²) < 4.78 is 0. The molecule has 1 aromatic heterocycles. The molecular formula is C21H20N4OS. The summed E-state index contributed by atoms with van der Waals surface area (Å²) in [6, 6.07) is 15.9. The Balaban J connectivity index is 1.81. The molecule has 6 heteroatoms. The highest BCUT2D eigenvalue weighted by Crippen LogP contribution is 2.26. The van der Waals surface area contributed by atoms with Crippen LogP contribution in [0, 0.1) is 25.2 Å². The normalized spacial score (nSPS) is 10.6. The van der Waals surface area contributed by atoms with E-state index in [1.54, 1.807) is 4.90 Å². The average molecular weight is 376 g/mol. The van der Waals surface area contributed by atoms with E-state index in [0.29, 0.717) is 13.0 Å². The summed E-state index contributed by atoms with van der Waals surface area (Å²) in [5.41, 5.74) is 3.88. The number of nitrogens with zero attached hydrogens (tertiary/aromatic N) is 4. The van der Waals surface area contributed by atoms with E-state index in [-0.39, 0.29) is 11.7 Å². The first-order valence-electron chi connectivity index (χ1n) is 8.66. The monoisotopic (exact) mass is 376 g/mol. The van der Waals surface area contributed by atoms with Gasteiger partial charge >= 0.3 is 0 Å². The van der Waals surface area contributed by atoms with E-state index in [0.717, 1.165) is 32.7 Å². The van der Waals surface area contributed by atoms with Crippen LogP contribution >= 0.6 is 11.8 Å². The molecule has 0 aliphatic carbocycles. The number of thioether (sulfide) groups is 1. The predicted molar refractivity (Wildman–Crippen MR) is 109 cm³/mol. The third-order valence-electron chi connectivity index (χ3n) is 4.11. The molecule has 1 amide bonds. The van der Waals surface area contributed by atoms with E-state index in [1.807, 2.05) is 50.2 Å². The van der Waals surface area contributed by atoms with Crippen LogP contribution in [-0.4, -0.2) is 28.2 Å². The maximum Gasteiger partial charge on any atom is 0.237 e. The number of amides is 1. The maximum absolute atomic E-state index is 12.9. The van der Waals surface area contributed by atoms with Gasteiger partial charge in [0.05, 0.1) is 23.8 Å². The lowest BCUT2D eigenvalue weighted by molar-refractivity contribution is -0.116. The molecule has 3 aromatic rings. The average Bonchev–Trinajstić information content (AvgIpc) is 2.66. The zero-order chi connectivity index (χ0) is 19.2. The minimum atomic E-state index is -0.0389. The number of hydrogen-bond acceptors (Lipinski definition) is 5. The van der Waals surface area contributed by atoms with Gasteiger partial charge in [0, 0.05) is 17.6 Å². The SMILES string of the molecule is Cc1cc(C)cc(N(CCC#N)C(=O)CSc2ncnc3ccccc23)c1. The van der Waals surface area contributed by atoms with Crippen LogP contribution in [0.3, 0.4) is 0 Å². The summed E-state index contributed by atoms with van der Waals surface area (Å²) in [4.78, 5) is 23.2. The third kappa shape index (κ3) is 4.63. The molecular weight excluding hydrogens is 356 g/mol. The Kier molecular flexibility index (Phi) is 6.05. The van der Waals surface area contributed by atoms with E-state index in [1.165, 1.54) is 18.1 Å². The highest BCUT2D eigenvalue weighted by molar-refractivity contribution is 8.00. The molecule has 0 atom stereocenters. The highest BCUT2D eigenvalue weighted by atomic mass is 32.2. The first-order valence-corrected chi connectivity index (χ1v) is 9.65. The number of para-hydroxylation sites is 1. The van der Waals surface area contributed by atoms with E-state index in [4.69, 9.17) is 5.26 Å². The molecule has 0 aliphatic heterocycles. The molecule has 0 N–H and O–H groups in total. The number of fused-ring (bicyclic) bond motifs is 1. The Morgan fingerprint density at radius 1 is 1.15 bits per heavy atom. The summed E-state index contributed by atoms with van der Waals surface area (Å²) >= 11 is 1.40. The second kappa shape index (κ2) is 8.65. The van der Waals surface area contributed by atoms with E-state index in [9.17, 15) is 4.79 Å². The van der Waals surface area contributed by atoms with Crippen LogP contribution in [0.25, 0.3) is 10.9 Å². The van der Waals surface area contributed by atoms with E-state index < -0.39 is 0 Å². The Morgan fingerprint density at radius 2 is 1.89 bits per heavy atom. The lowest BCUT2D eigenvalue weighted by Crippen LogP contribution is -2.33. The highest BCUT2D eigenvalue weighted by Gasteiger charge is 2.17. The minimum absolute atomic E-state index is 0.0389. The van der Waals surface area contributed by atoms with Gasteiger partial charge in [-0.3, -0.25) is 4.79 Å². The van der Waals surface area contributed by atoms with Gasteiger partial charge in [0.25, 0.3) is 0 Å². The van der Waals surface area contributed by atoms with Gasteiger partial charge in [-0.15, -0.1) is 0 Å². The molecule has 0 radical (unpaired) electrons. The summed E-state index contributed by atoms with van der Waals surface area (Å²) in [5, 5.41) is 10.7. The molecule has 0 aliphatic rings. The number of benzene rings is 2. The second-order valence-electron chi connectivity index (χ2n) is 6.28. The molecule has 0 saturated heterocycles. The minimum Gasteiger partial charge on any atom is -0.311 e. The Bertz CT molecular complexity index is 987. The molecule has 0 unspecified atom stereocenters. The second-order valence-corrected chi connectivity index (χ2v) is 7.25. The summed E-state index contributed by atoms with van der Waals surface area (Å²) in [6.07, 6.45) is 1.81. The van der Waals surface area contributed by atoms with E-state index >= 15 is 0 Å². The largest absolute Gasteiger partial charge is 0.311 e. The van der Waals surface area contributed by atoms with Crippen LogP contribution in [0.1, 0.15) is 17.5 Å². The molecule has 0 spiro atoms. The first-order chi connectivity index (χ1) is 13.1. The van der Waals surface area contributed by atoms with Crippen molar-refractivity contribution >= 4 is 34.3 Å². The molecule has 1 heterocycles. The molecule has 0 fully saturated rings. The van der Waals surface area contributed by atoms with Crippen molar-refractivity contribution in [3.8, 4) is 6.07 Å². The van der Waals surface area contributed by atoms with Gasteiger partial charge in [-0.2, -0.15) is 5.26 Å². The Hall–Kier alpha value is -2.91. The van der Waals surface area contributed by atoms with Gasteiger partial charge in [-0.1, -0.05) is 36.0 Å². The van der Waals surface area contributed by atoms with Gasteiger partial charge in [-0.25, -0.2) is 9.97 Å². The van der Waals surface area contributed by atoms with Crippen LogP contribution in [0.15, 0.2) is 53.8 Å². The number of anilines is 1. The first kappa shape index (κ1) is 18.9. The molecule has 27 heavy (non-hydrogen) atoms. The van der Waals surface area contributed by atoms with Crippen molar-refractivity contribution < 1.29 is 4.79 Å². The number of rotatable bonds is 6. The molecule has 0 bridgehead atoms. The van der Waals surface area contributed by atoms with Crippen molar-refractivity contribution in [2.45, 2.75) is 25.3 Å². The van der Waals surface area contributed by atoms with Crippen molar-refractivity contribution in [3.63, 3.8) is 0 Å². The van der Waals surface area contributed by atoms with Crippen LogP contribution in [0.4, 0.5) is 5.69 Å². The Morgan fingerprint density at radius 3 is 2.63 bits per heavy atom. The zero-order valence-corrected chi connectivity index (χ0v) is 16.2. The molecule has 2 aromatic carbocycles. The molecule has 3 rings (SSSR count). The summed E-state index contributed by atoms with van der Waals surface area (Å²) in [5.74, 6) is 0.210. The van der Waals surface area contributed by atoms with Gasteiger partial charge in [0.15, 0.2) is 0 Å². The van der Waals surface area contributed by atoms with Gasteiger partial charge in [-0.05, 0) is 43.2 Å². The molecule has 136 valence electrons. The number of hydrogen-bond donors (Lipinski definition) is 0. The van der Waals surface area contributed by atoms with Crippen molar-refractivity contribution in [1.29, 1.82) is 5.26 Å². The van der Waals surface area contributed by atoms with Gasteiger partial charge in [0.2, 0.25) is 5.91 Å². The fourth-order valence-electron chi connectivity index (χ4n) is 2.97. The van der Waals surface area contributed by atoms with Crippen LogP contribution in [0.5, 0.6) is 0 Å². The lowest BCUT2D eigenvalue weighted by atomic mass is 10.1. The Labute approximate surface area is 163 Å².